The van der Waals surface area contributed by atoms with Gasteiger partial charge in [0.25, 0.3) is 5.91 Å². The molecule has 2 aliphatic heterocycles. The van der Waals surface area contributed by atoms with Crippen molar-refractivity contribution in [2.24, 2.45) is 0 Å². The van der Waals surface area contributed by atoms with Crippen molar-refractivity contribution < 1.29 is 19.7 Å². The fraction of sp³-hybridized carbons (Fsp3) is 0.438. The normalized spacial score (nSPS) is 25.5. The van der Waals surface area contributed by atoms with Crippen molar-refractivity contribution in [1.82, 2.24) is 4.90 Å². The molecule has 1 saturated heterocycles. The number of hydrogen-bond acceptors (Lipinski definition) is 5. The fourth-order valence-electron chi connectivity index (χ4n) is 3.16. The number of benzene rings is 1. The first kappa shape index (κ1) is 14.7. The number of carbonyl (C=O) groups is 1. The molecule has 0 saturated carbocycles. The summed E-state index contributed by atoms with van der Waals surface area (Å²) in [5, 5.41) is 23.2. The first-order chi connectivity index (χ1) is 10.5. The SMILES string of the molecule is CCC=C1CC2C(O)Nc3cc(O)c(OC)cc3C(=O)N2C1. The van der Waals surface area contributed by atoms with Gasteiger partial charge in [0.1, 0.15) is 6.23 Å². The summed E-state index contributed by atoms with van der Waals surface area (Å²) in [6, 6.07) is 2.63. The van der Waals surface area contributed by atoms with Gasteiger partial charge in [0.15, 0.2) is 11.5 Å². The molecule has 0 radical (unpaired) electrons. The minimum atomic E-state index is -0.874. The zero-order valence-corrected chi connectivity index (χ0v) is 12.7. The maximum absolute atomic E-state index is 12.8. The standard InChI is InChI=1S/C16H20N2O4/c1-3-4-9-5-12-15(20)17-11-7-13(19)14(22-2)6-10(11)16(21)18(12)8-9/h4,6-7,12,15,17,19-20H,3,5,8H2,1-2H3. The number of fused-ring (bicyclic) bond motifs is 2. The van der Waals surface area contributed by atoms with E-state index < -0.39 is 6.23 Å². The van der Waals surface area contributed by atoms with E-state index in [1.165, 1.54) is 19.2 Å². The molecule has 6 heteroatoms. The van der Waals surface area contributed by atoms with Gasteiger partial charge >= 0.3 is 0 Å². The predicted octanol–water partition coefficient (Wildman–Crippen LogP) is 1.70. The van der Waals surface area contributed by atoms with Crippen LogP contribution in [0.15, 0.2) is 23.8 Å². The Hall–Kier alpha value is -2.21. The van der Waals surface area contributed by atoms with Crippen LogP contribution in [0.4, 0.5) is 5.69 Å². The van der Waals surface area contributed by atoms with Crippen molar-refractivity contribution in [2.75, 3.05) is 19.0 Å². The smallest absolute Gasteiger partial charge is 0.256 e. The number of carbonyl (C=O) groups excluding carboxylic acids is 1. The number of aliphatic hydroxyl groups excluding tert-OH is 1. The Morgan fingerprint density at radius 3 is 2.95 bits per heavy atom. The van der Waals surface area contributed by atoms with Crippen LogP contribution in [-0.4, -0.2) is 46.9 Å². The zero-order valence-electron chi connectivity index (χ0n) is 12.7. The van der Waals surface area contributed by atoms with E-state index in [4.69, 9.17) is 4.74 Å². The lowest BCUT2D eigenvalue weighted by Crippen LogP contribution is -2.43. The highest BCUT2D eigenvalue weighted by molar-refractivity contribution is 6.02. The van der Waals surface area contributed by atoms with E-state index in [1.54, 1.807) is 4.90 Å². The van der Waals surface area contributed by atoms with Crippen molar-refractivity contribution in [3.05, 3.63) is 29.3 Å². The number of phenols is 1. The summed E-state index contributed by atoms with van der Waals surface area (Å²) in [7, 11) is 1.44. The second kappa shape index (κ2) is 5.53. The number of methoxy groups -OCH3 is 1. The minimum absolute atomic E-state index is 0.0672. The van der Waals surface area contributed by atoms with E-state index in [0.29, 0.717) is 24.2 Å². The van der Waals surface area contributed by atoms with Gasteiger partial charge in [-0.2, -0.15) is 0 Å². The summed E-state index contributed by atoms with van der Waals surface area (Å²) in [6.45, 7) is 2.58. The van der Waals surface area contributed by atoms with Crippen molar-refractivity contribution in [2.45, 2.75) is 32.0 Å². The molecule has 3 N–H and O–H groups in total. The first-order valence-electron chi connectivity index (χ1n) is 7.39. The van der Waals surface area contributed by atoms with Gasteiger partial charge in [-0.15, -0.1) is 0 Å². The lowest BCUT2D eigenvalue weighted by molar-refractivity contribution is 0.0582. The van der Waals surface area contributed by atoms with E-state index in [9.17, 15) is 15.0 Å². The molecule has 2 unspecified atom stereocenters. The Morgan fingerprint density at radius 2 is 2.27 bits per heavy atom. The number of phenolic OH excluding ortho intramolecular Hbond substituents is 1. The van der Waals surface area contributed by atoms with Crippen molar-refractivity contribution >= 4 is 11.6 Å². The summed E-state index contributed by atoms with van der Waals surface area (Å²) < 4.78 is 5.08. The number of ether oxygens (including phenoxy) is 1. The van der Waals surface area contributed by atoms with Crippen LogP contribution in [0.25, 0.3) is 0 Å². The number of nitrogens with zero attached hydrogens (tertiary/aromatic N) is 1. The molecule has 1 amide bonds. The maximum atomic E-state index is 12.8. The maximum Gasteiger partial charge on any atom is 0.256 e. The first-order valence-corrected chi connectivity index (χ1v) is 7.39. The monoisotopic (exact) mass is 304 g/mol. The molecular formula is C16H20N2O4. The van der Waals surface area contributed by atoms with Gasteiger partial charge in [0.05, 0.1) is 24.4 Å². The van der Waals surface area contributed by atoms with Crippen molar-refractivity contribution in [3.8, 4) is 11.5 Å². The van der Waals surface area contributed by atoms with Gasteiger partial charge in [-0.25, -0.2) is 0 Å². The summed E-state index contributed by atoms with van der Waals surface area (Å²) in [5.74, 6) is 0.00888. The van der Waals surface area contributed by atoms with Crippen LogP contribution in [0.2, 0.25) is 0 Å². The summed E-state index contributed by atoms with van der Waals surface area (Å²) >= 11 is 0. The van der Waals surface area contributed by atoms with Crippen LogP contribution in [0, 0.1) is 0 Å². The van der Waals surface area contributed by atoms with Gasteiger partial charge in [0, 0.05) is 12.6 Å². The molecule has 2 heterocycles. The number of anilines is 1. The minimum Gasteiger partial charge on any atom is -0.504 e. The van der Waals surface area contributed by atoms with Crippen LogP contribution in [0.1, 0.15) is 30.1 Å². The quantitative estimate of drug-likeness (QED) is 0.724. The molecule has 118 valence electrons. The highest BCUT2D eigenvalue weighted by Gasteiger charge is 2.40. The largest absolute Gasteiger partial charge is 0.504 e. The molecule has 2 aliphatic rings. The summed E-state index contributed by atoms with van der Waals surface area (Å²) in [6.07, 6.45) is 2.80. The van der Waals surface area contributed by atoms with E-state index in [1.807, 2.05) is 0 Å². The van der Waals surface area contributed by atoms with E-state index >= 15 is 0 Å². The Morgan fingerprint density at radius 1 is 1.50 bits per heavy atom. The zero-order chi connectivity index (χ0) is 15.9. The van der Waals surface area contributed by atoms with Gasteiger partial charge in [0.2, 0.25) is 0 Å². The molecule has 1 aromatic rings. The summed E-state index contributed by atoms with van der Waals surface area (Å²) in [4.78, 5) is 14.5. The van der Waals surface area contributed by atoms with Crippen LogP contribution < -0.4 is 10.1 Å². The number of allylic oxidation sites excluding steroid dienone is 1. The van der Waals surface area contributed by atoms with Crippen molar-refractivity contribution in [3.63, 3.8) is 0 Å². The van der Waals surface area contributed by atoms with Gasteiger partial charge in [-0.05, 0) is 18.9 Å². The second-order valence-electron chi connectivity index (χ2n) is 5.63. The molecule has 1 aromatic carbocycles. The van der Waals surface area contributed by atoms with Crippen LogP contribution in [0.3, 0.4) is 0 Å². The third-order valence-corrected chi connectivity index (χ3v) is 4.22. The molecule has 0 bridgehead atoms. The van der Waals surface area contributed by atoms with Gasteiger partial charge in [-0.3, -0.25) is 4.79 Å². The van der Waals surface area contributed by atoms with Crippen LogP contribution in [0.5, 0.6) is 11.5 Å². The predicted molar refractivity (Wildman–Crippen MR) is 82.1 cm³/mol. The Labute approximate surface area is 129 Å². The summed E-state index contributed by atoms with van der Waals surface area (Å²) in [5.41, 5.74) is 1.98. The average molecular weight is 304 g/mol. The highest BCUT2D eigenvalue weighted by Crippen LogP contribution is 2.38. The van der Waals surface area contributed by atoms with Gasteiger partial charge in [-0.1, -0.05) is 18.6 Å². The fourth-order valence-corrected chi connectivity index (χ4v) is 3.16. The molecular weight excluding hydrogens is 284 g/mol. The number of rotatable bonds is 2. The number of aliphatic hydroxyl groups is 1. The third kappa shape index (κ3) is 2.29. The van der Waals surface area contributed by atoms with Crippen LogP contribution >= 0.6 is 0 Å². The number of hydrogen-bond donors (Lipinski definition) is 3. The lowest BCUT2D eigenvalue weighted by Gasteiger charge is -2.24. The topological polar surface area (TPSA) is 82.0 Å². The Bertz CT molecular complexity index is 641. The van der Waals surface area contributed by atoms with E-state index in [0.717, 1.165) is 12.0 Å². The van der Waals surface area contributed by atoms with E-state index in [-0.39, 0.29) is 23.4 Å². The molecule has 3 rings (SSSR count). The van der Waals surface area contributed by atoms with Gasteiger partial charge < -0.3 is 25.2 Å². The number of amides is 1. The average Bonchev–Trinajstić information content (AvgIpc) is 2.88. The molecule has 0 spiro atoms. The van der Waals surface area contributed by atoms with Crippen molar-refractivity contribution in [1.29, 1.82) is 0 Å². The molecule has 6 nitrogen and oxygen atoms in total. The van der Waals surface area contributed by atoms with E-state index in [2.05, 4.69) is 18.3 Å². The Kier molecular flexibility index (Phi) is 3.70. The third-order valence-electron chi connectivity index (χ3n) is 4.22. The highest BCUT2D eigenvalue weighted by atomic mass is 16.5. The molecule has 0 aromatic heterocycles. The molecule has 22 heavy (non-hydrogen) atoms. The molecule has 0 aliphatic carbocycles. The van der Waals surface area contributed by atoms with Crippen LogP contribution in [-0.2, 0) is 0 Å². The lowest BCUT2D eigenvalue weighted by atomic mass is 10.1. The second-order valence-corrected chi connectivity index (χ2v) is 5.63. The number of nitrogens with one attached hydrogen (secondary N) is 1. The Balaban J connectivity index is 2.03. The number of aromatic hydroxyl groups is 1. The molecule has 2 atom stereocenters. The molecule has 1 fully saturated rings.